The number of ether oxygens (including phenoxy) is 1. The van der Waals surface area contributed by atoms with Gasteiger partial charge in [0.15, 0.2) is 9.84 Å². The number of alkyl halides is 3. The number of allylic oxidation sites excluding steroid dienone is 1. The molecule has 0 amide bonds. The normalized spacial score (nSPS) is 17.8. The molecule has 5 nitrogen and oxygen atoms in total. The molecule has 0 aromatic heterocycles. The first-order chi connectivity index (χ1) is 18.3. The number of benzene rings is 3. The van der Waals surface area contributed by atoms with Crippen LogP contribution in [0.5, 0.6) is 5.75 Å². The fourth-order valence-corrected chi connectivity index (χ4v) is 6.76. The summed E-state index contributed by atoms with van der Waals surface area (Å²) < 4.78 is 87.8. The van der Waals surface area contributed by atoms with E-state index in [1.807, 2.05) is 0 Å². The Kier molecular flexibility index (Phi) is 8.09. The minimum absolute atomic E-state index is 0.00985. The summed E-state index contributed by atoms with van der Waals surface area (Å²) in [4.78, 5) is 10.6. The molecule has 0 radical (unpaired) electrons. The highest BCUT2D eigenvalue weighted by atomic mass is 35.5. The second kappa shape index (κ2) is 11.0. The Morgan fingerprint density at radius 3 is 2.51 bits per heavy atom. The summed E-state index contributed by atoms with van der Waals surface area (Å²) in [6.45, 7) is 1.64. The van der Waals surface area contributed by atoms with Gasteiger partial charge in [0.1, 0.15) is 17.7 Å². The van der Waals surface area contributed by atoms with Crippen LogP contribution in [-0.4, -0.2) is 25.6 Å². The highest BCUT2D eigenvalue weighted by Gasteiger charge is 2.39. The van der Waals surface area contributed by atoms with E-state index < -0.39 is 49.6 Å². The minimum Gasteiger partial charge on any atom is -0.490 e. The van der Waals surface area contributed by atoms with Crippen molar-refractivity contribution in [3.63, 3.8) is 0 Å². The zero-order valence-electron chi connectivity index (χ0n) is 20.5. The average molecular weight is 583 g/mol. The molecule has 3 aromatic rings. The lowest BCUT2D eigenvalue weighted by molar-refractivity contribution is -0.138. The zero-order chi connectivity index (χ0) is 28.5. The van der Waals surface area contributed by atoms with Gasteiger partial charge in [0.25, 0.3) is 0 Å². The minimum atomic E-state index is -4.74. The van der Waals surface area contributed by atoms with Crippen LogP contribution < -0.4 is 4.74 Å². The molecule has 1 heterocycles. The second-order valence-electron chi connectivity index (χ2n) is 9.19. The number of halogens is 5. The summed E-state index contributed by atoms with van der Waals surface area (Å²) >= 11 is 6.17. The van der Waals surface area contributed by atoms with Crippen molar-refractivity contribution in [1.29, 1.82) is 0 Å². The Morgan fingerprint density at radius 1 is 1.13 bits per heavy atom. The summed E-state index contributed by atoms with van der Waals surface area (Å²) in [7, 11) is -4.37. The predicted octanol–water partition coefficient (Wildman–Crippen LogP) is 7.59. The van der Waals surface area contributed by atoms with E-state index in [4.69, 9.17) is 21.4 Å². The molecule has 11 heteroatoms. The van der Waals surface area contributed by atoms with Crippen LogP contribution in [0.1, 0.15) is 53.7 Å². The summed E-state index contributed by atoms with van der Waals surface area (Å²) in [6, 6.07) is 12.4. The summed E-state index contributed by atoms with van der Waals surface area (Å²) in [5.41, 5.74) is 0.233. The molecule has 0 bridgehead atoms. The standard InChI is InChI=1S/C28H23ClF4O5S/c1-16(27-22(29)6-3-7-23(27)30)12-17-8-10-24-21(13-17)25(15-19(38-24)9-11-26(34)35)39(36,37)20-5-2-4-18(14-20)28(31,32)33/h2-8,10,12-14,19,25H,9,11,15H2,1H3,(H,34,35)/b16-12+. The van der Waals surface area contributed by atoms with E-state index in [1.165, 1.54) is 30.3 Å². The van der Waals surface area contributed by atoms with Gasteiger partial charge in [-0.2, -0.15) is 13.2 Å². The van der Waals surface area contributed by atoms with Crippen molar-refractivity contribution < 1.29 is 40.6 Å². The Balaban J connectivity index is 1.80. The van der Waals surface area contributed by atoms with Gasteiger partial charge in [-0.3, -0.25) is 4.79 Å². The summed E-state index contributed by atoms with van der Waals surface area (Å²) in [5.74, 6) is -1.45. The van der Waals surface area contributed by atoms with E-state index in [0.29, 0.717) is 17.2 Å². The molecule has 1 aliphatic heterocycles. The van der Waals surface area contributed by atoms with E-state index in [9.17, 15) is 30.8 Å². The van der Waals surface area contributed by atoms with Gasteiger partial charge >= 0.3 is 12.1 Å². The molecule has 0 saturated carbocycles. The molecular formula is C28H23ClF4O5S. The van der Waals surface area contributed by atoms with Gasteiger partial charge in [0, 0.05) is 24.0 Å². The number of hydrogen-bond acceptors (Lipinski definition) is 4. The number of fused-ring (bicyclic) bond motifs is 1. The molecule has 4 rings (SSSR count). The number of rotatable bonds is 7. The maximum Gasteiger partial charge on any atom is 0.416 e. The lowest BCUT2D eigenvalue weighted by Gasteiger charge is -2.32. The maximum atomic E-state index is 14.4. The maximum absolute atomic E-state index is 14.4. The van der Waals surface area contributed by atoms with Crippen LogP contribution in [0.25, 0.3) is 11.6 Å². The van der Waals surface area contributed by atoms with Crippen LogP contribution in [0.15, 0.2) is 65.6 Å². The van der Waals surface area contributed by atoms with Crippen LogP contribution in [0.4, 0.5) is 17.6 Å². The molecule has 2 atom stereocenters. The first-order valence-electron chi connectivity index (χ1n) is 11.8. The van der Waals surface area contributed by atoms with Crippen LogP contribution in [0.2, 0.25) is 5.02 Å². The van der Waals surface area contributed by atoms with Crippen molar-refractivity contribution in [3.8, 4) is 5.75 Å². The predicted molar refractivity (Wildman–Crippen MR) is 139 cm³/mol. The van der Waals surface area contributed by atoms with E-state index in [2.05, 4.69) is 0 Å². The monoisotopic (exact) mass is 582 g/mol. The fraction of sp³-hybridized carbons (Fsp3) is 0.250. The van der Waals surface area contributed by atoms with Crippen molar-refractivity contribution in [2.45, 2.75) is 48.6 Å². The van der Waals surface area contributed by atoms with Crippen molar-refractivity contribution in [3.05, 3.63) is 93.8 Å². The lowest BCUT2D eigenvalue weighted by Crippen LogP contribution is -2.30. The third-order valence-corrected chi connectivity index (χ3v) is 8.86. The molecule has 0 saturated heterocycles. The van der Waals surface area contributed by atoms with Gasteiger partial charge in [-0.1, -0.05) is 35.9 Å². The van der Waals surface area contributed by atoms with E-state index in [0.717, 1.165) is 18.2 Å². The molecule has 0 fully saturated rings. The Bertz CT molecular complexity index is 1530. The topological polar surface area (TPSA) is 80.7 Å². The van der Waals surface area contributed by atoms with Crippen LogP contribution in [0.3, 0.4) is 0 Å². The highest BCUT2D eigenvalue weighted by Crippen LogP contribution is 2.44. The molecule has 3 aromatic carbocycles. The average Bonchev–Trinajstić information content (AvgIpc) is 2.86. The number of hydrogen-bond donors (Lipinski definition) is 1. The Hall–Kier alpha value is -3.37. The van der Waals surface area contributed by atoms with E-state index in [1.54, 1.807) is 19.1 Å². The zero-order valence-corrected chi connectivity index (χ0v) is 22.1. The van der Waals surface area contributed by atoms with Crippen molar-refractivity contribution in [2.75, 3.05) is 0 Å². The lowest BCUT2D eigenvalue weighted by atomic mass is 9.96. The first kappa shape index (κ1) is 28.6. The number of carboxylic acid groups (broad SMARTS) is 1. The molecule has 2 unspecified atom stereocenters. The van der Waals surface area contributed by atoms with E-state index >= 15 is 0 Å². The SMILES string of the molecule is C/C(=C\c1ccc2c(c1)C(S(=O)(=O)c1cccc(C(F)(F)F)c1)CC(CCC(=O)O)O2)c1c(F)cccc1Cl. The number of carboxylic acids is 1. The molecule has 206 valence electrons. The van der Waals surface area contributed by atoms with E-state index in [-0.39, 0.29) is 41.2 Å². The summed E-state index contributed by atoms with van der Waals surface area (Å²) in [5, 5.41) is 7.96. The van der Waals surface area contributed by atoms with Gasteiger partial charge in [-0.05, 0) is 66.9 Å². The smallest absolute Gasteiger partial charge is 0.416 e. The Morgan fingerprint density at radius 2 is 1.85 bits per heavy atom. The van der Waals surface area contributed by atoms with Gasteiger partial charge in [0.05, 0.1) is 20.7 Å². The fourth-order valence-electron chi connectivity index (χ4n) is 4.57. The van der Waals surface area contributed by atoms with Crippen molar-refractivity contribution in [2.24, 2.45) is 0 Å². The molecule has 0 spiro atoms. The first-order valence-corrected chi connectivity index (χ1v) is 13.8. The number of sulfone groups is 1. The quantitative estimate of drug-likeness (QED) is 0.229. The van der Waals surface area contributed by atoms with Crippen LogP contribution in [0, 0.1) is 5.82 Å². The third kappa shape index (κ3) is 6.28. The van der Waals surface area contributed by atoms with Crippen LogP contribution in [-0.2, 0) is 20.8 Å². The second-order valence-corrected chi connectivity index (χ2v) is 11.7. The Labute approximate surface area is 227 Å². The van der Waals surface area contributed by atoms with Gasteiger partial charge < -0.3 is 9.84 Å². The van der Waals surface area contributed by atoms with Crippen molar-refractivity contribution in [1.82, 2.24) is 0 Å². The van der Waals surface area contributed by atoms with Crippen LogP contribution >= 0.6 is 11.6 Å². The van der Waals surface area contributed by atoms with Gasteiger partial charge in [-0.25, -0.2) is 12.8 Å². The molecular weight excluding hydrogens is 560 g/mol. The number of aliphatic carboxylic acids is 1. The van der Waals surface area contributed by atoms with Gasteiger partial charge in [-0.15, -0.1) is 0 Å². The number of carbonyl (C=O) groups is 1. The molecule has 1 N–H and O–H groups in total. The molecule has 39 heavy (non-hydrogen) atoms. The van der Waals surface area contributed by atoms with Crippen molar-refractivity contribution >= 4 is 39.1 Å². The molecule has 1 aliphatic rings. The highest BCUT2D eigenvalue weighted by molar-refractivity contribution is 7.91. The largest absolute Gasteiger partial charge is 0.490 e. The third-order valence-electron chi connectivity index (χ3n) is 6.44. The summed E-state index contributed by atoms with van der Waals surface area (Å²) in [6.07, 6.45) is -4.36. The molecule has 0 aliphatic carbocycles. The van der Waals surface area contributed by atoms with Gasteiger partial charge in [0.2, 0.25) is 0 Å².